The van der Waals surface area contributed by atoms with Gasteiger partial charge in [-0.25, -0.2) is 4.39 Å². The monoisotopic (exact) mass is 354 g/mol. The second-order valence-electron chi connectivity index (χ2n) is 8.02. The standard InChI is InChI=1S/C22H27FN2O/c1-22(2,3)19-8-4-17(5-9-19)16-24-12-14-25(15-13-24)21(26)18-6-10-20(23)11-7-18/h4-11H,12-16H2,1-3H3. The molecular formula is C22H27FN2O. The minimum Gasteiger partial charge on any atom is -0.336 e. The average molecular weight is 354 g/mol. The topological polar surface area (TPSA) is 23.6 Å². The average Bonchev–Trinajstić information content (AvgIpc) is 2.62. The molecule has 0 radical (unpaired) electrons. The maximum absolute atomic E-state index is 13.0. The maximum atomic E-state index is 13.0. The van der Waals surface area contributed by atoms with Gasteiger partial charge >= 0.3 is 0 Å². The Kier molecular flexibility index (Phi) is 5.42. The highest BCUT2D eigenvalue weighted by Crippen LogP contribution is 2.22. The number of rotatable bonds is 3. The maximum Gasteiger partial charge on any atom is 0.253 e. The van der Waals surface area contributed by atoms with Gasteiger partial charge in [-0.15, -0.1) is 0 Å². The van der Waals surface area contributed by atoms with Crippen molar-refractivity contribution < 1.29 is 9.18 Å². The molecule has 0 unspecified atom stereocenters. The van der Waals surface area contributed by atoms with Gasteiger partial charge in [-0.3, -0.25) is 9.69 Å². The normalized spacial score (nSPS) is 15.9. The molecule has 138 valence electrons. The van der Waals surface area contributed by atoms with Crippen LogP contribution in [0, 0.1) is 5.82 Å². The summed E-state index contributed by atoms with van der Waals surface area (Å²) < 4.78 is 13.0. The molecule has 0 atom stereocenters. The van der Waals surface area contributed by atoms with E-state index >= 15 is 0 Å². The number of hydrogen-bond acceptors (Lipinski definition) is 2. The quantitative estimate of drug-likeness (QED) is 0.829. The van der Waals surface area contributed by atoms with E-state index in [0.29, 0.717) is 18.7 Å². The van der Waals surface area contributed by atoms with E-state index in [4.69, 9.17) is 0 Å². The molecule has 1 amide bonds. The molecule has 0 spiro atoms. The van der Waals surface area contributed by atoms with E-state index in [1.807, 2.05) is 4.90 Å². The fourth-order valence-electron chi connectivity index (χ4n) is 3.25. The van der Waals surface area contributed by atoms with Gasteiger partial charge in [0.15, 0.2) is 0 Å². The zero-order valence-corrected chi connectivity index (χ0v) is 15.8. The molecule has 4 heteroatoms. The van der Waals surface area contributed by atoms with E-state index in [1.54, 1.807) is 12.1 Å². The summed E-state index contributed by atoms with van der Waals surface area (Å²) in [6.07, 6.45) is 0. The van der Waals surface area contributed by atoms with Crippen molar-refractivity contribution in [2.24, 2.45) is 0 Å². The van der Waals surface area contributed by atoms with Crippen molar-refractivity contribution in [1.29, 1.82) is 0 Å². The number of carbonyl (C=O) groups is 1. The molecule has 0 bridgehead atoms. The smallest absolute Gasteiger partial charge is 0.253 e. The first-order valence-electron chi connectivity index (χ1n) is 9.19. The molecule has 1 saturated heterocycles. The highest BCUT2D eigenvalue weighted by molar-refractivity contribution is 5.94. The molecule has 2 aromatic carbocycles. The Hall–Kier alpha value is -2.20. The van der Waals surface area contributed by atoms with Crippen LogP contribution in [0.1, 0.15) is 42.3 Å². The predicted octanol–water partition coefficient (Wildman–Crippen LogP) is 4.08. The molecule has 3 nitrogen and oxygen atoms in total. The van der Waals surface area contributed by atoms with Crippen LogP contribution in [0.2, 0.25) is 0 Å². The lowest BCUT2D eigenvalue weighted by Crippen LogP contribution is -2.48. The minimum absolute atomic E-state index is 0.0146. The minimum atomic E-state index is -0.316. The first kappa shape index (κ1) is 18.6. The number of amides is 1. The van der Waals surface area contributed by atoms with Crippen molar-refractivity contribution in [3.63, 3.8) is 0 Å². The Morgan fingerprint density at radius 2 is 1.50 bits per heavy atom. The molecule has 26 heavy (non-hydrogen) atoms. The second-order valence-corrected chi connectivity index (χ2v) is 8.02. The first-order valence-corrected chi connectivity index (χ1v) is 9.19. The third-order valence-corrected chi connectivity index (χ3v) is 4.98. The molecule has 0 saturated carbocycles. The molecular weight excluding hydrogens is 327 g/mol. The third kappa shape index (κ3) is 4.50. The highest BCUT2D eigenvalue weighted by atomic mass is 19.1. The van der Waals surface area contributed by atoms with Crippen LogP contribution in [0.25, 0.3) is 0 Å². The van der Waals surface area contributed by atoms with Crippen molar-refractivity contribution in [3.05, 3.63) is 71.0 Å². The van der Waals surface area contributed by atoms with E-state index in [9.17, 15) is 9.18 Å². The van der Waals surface area contributed by atoms with Gasteiger partial charge in [0.2, 0.25) is 0 Å². The van der Waals surface area contributed by atoms with Crippen LogP contribution >= 0.6 is 0 Å². The van der Waals surface area contributed by atoms with E-state index in [0.717, 1.165) is 19.6 Å². The Morgan fingerprint density at radius 1 is 0.923 bits per heavy atom. The van der Waals surface area contributed by atoms with Crippen molar-refractivity contribution in [1.82, 2.24) is 9.80 Å². The Morgan fingerprint density at radius 3 is 2.04 bits per heavy atom. The largest absolute Gasteiger partial charge is 0.336 e. The summed E-state index contributed by atoms with van der Waals surface area (Å²) in [7, 11) is 0. The van der Waals surface area contributed by atoms with Crippen LogP contribution in [-0.4, -0.2) is 41.9 Å². The fourth-order valence-corrected chi connectivity index (χ4v) is 3.25. The lowest BCUT2D eigenvalue weighted by Gasteiger charge is -2.35. The van der Waals surface area contributed by atoms with Gasteiger partial charge in [-0.05, 0) is 40.8 Å². The molecule has 2 aromatic rings. The van der Waals surface area contributed by atoms with Crippen molar-refractivity contribution in [3.8, 4) is 0 Å². The lowest BCUT2D eigenvalue weighted by atomic mass is 9.87. The Labute approximate surface area is 155 Å². The highest BCUT2D eigenvalue weighted by Gasteiger charge is 2.22. The predicted molar refractivity (Wildman–Crippen MR) is 103 cm³/mol. The fraction of sp³-hybridized carbons (Fsp3) is 0.409. The number of carbonyl (C=O) groups excluding carboxylic acids is 1. The van der Waals surface area contributed by atoms with E-state index < -0.39 is 0 Å². The van der Waals surface area contributed by atoms with Crippen LogP contribution < -0.4 is 0 Å². The van der Waals surface area contributed by atoms with Crippen LogP contribution in [0.15, 0.2) is 48.5 Å². The number of hydrogen-bond donors (Lipinski definition) is 0. The van der Waals surface area contributed by atoms with Gasteiger partial charge in [-0.1, -0.05) is 45.0 Å². The van der Waals surface area contributed by atoms with E-state index in [-0.39, 0.29) is 17.1 Å². The van der Waals surface area contributed by atoms with Crippen molar-refractivity contribution in [2.45, 2.75) is 32.7 Å². The lowest BCUT2D eigenvalue weighted by molar-refractivity contribution is 0.0628. The van der Waals surface area contributed by atoms with E-state index in [1.165, 1.54) is 23.3 Å². The van der Waals surface area contributed by atoms with Crippen LogP contribution in [0.4, 0.5) is 4.39 Å². The summed E-state index contributed by atoms with van der Waals surface area (Å²) >= 11 is 0. The molecule has 0 N–H and O–H groups in total. The molecule has 0 aliphatic carbocycles. The van der Waals surface area contributed by atoms with Crippen molar-refractivity contribution in [2.75, 3.05) is 26.2 Å². The summed E-state index contributed by atoms with van der Waals surface area (Å²) in [6, 6.07) is 14.6. The van der Waals surface area contributed by atoms with Gasteiger partial charge < -0.3 is 4.90 Å². The molecule has 1 aliphatic heterocycles. The zero-order chi connectivity index (χ0) is 18.7. The van der Waals surface area contributed by atoms with Gasteiger partial charge in [-0.2, -0.15) is 0 Å². The number of piperazine rings is 1. The molecule has 1 fully saturated rings. The van der Waals surface area contributed by atoms with Crippen molar-refractivity contribution >= 4 is 5.91 Å². The van der Waals surface area contributed by atoms with Crippen LogP contribution in [-0.2, 0) is 12.0 Å². The Balaban J connectivity index is 1.53. The van der Waals surface area contributed by atoms with Crippen LogP contribution in [0.3, 0.4) is 0 Å². The summed E-state index contributed by atoms with van der Waals surface area (Å²) in [5, 5.41) is 0. The molecule has 0 aromatic heterocycles. The summed E-state index contributed by atoms with van der Waals surface area (Å²) in [5.74, 6) is -0.331. The zero-order valence-electron chi connectivity index (χ0n) is 15.8. The number of nitrogens with zero attached hydrogens (tertiary/aromatic N) is 2. The van der Waals surface area contributed by atoms with Crippen LogP contribution in [0.5, 0.6) is 0 Å². The summed E-state index contributed by atoms with van der Waals surface area (Å²) in [5.41, 5.74) is 3.37. The van der Waals surface area contributed by atoms with Gasteiger partial charge in [0.1, 0.15) is 5.82 Å². The molecule has 1 heterocycles. The third-order valence-electron chi connectivity index (χ3n) is 4.98. The molecule has 3 rings (SSSR count). The summed E-state index contributed by atoms with van der Waals surface area (Å²) in [4.78, 5) is 16.7. The Bertz CT molecular complexity index is 739. The van der Waals surface area contributed by atoms with Gasteiger partial charge in [0, 0.05) is 38.3 Å². The van der Waals surface area contributed by atoms with Gasteiger partial charge in [0.25, 0.3) is 5.91 Å². The molecule has 1 aliphatic rings. The second kappa shape index (κ2) is 7.58. The first-order chi connectivity index (χ1) is 12.3. The SMILES string of the molecule is CC(C)(C)c1ccc(CN2CCN(C(=O)c3ccc(F)cc3)CC2)cc1. The number of benzene rings is 2. The summed E-state index contributed by atoms with van der Waals surface area (Å²) in [6.45, 7) is 10.7. The van der Waals surface area contributed by atoms with Gasteiger partial charge in [0.05, 0.1) is 0 Å². The van der Waals surface area contributed by atoms with E-state index in [2.05, 4.69) is 49.9 Å². The number of halogens is 1.